The molecule has 0 saturated heterocycles. The van der Waals surface area contributed by atoms with Crippen LogP contribution in [-0.2, 0) is 22.7 Å². The van der Waals surface area contributed by atoms with Crippen LogP contribution in [0, 0.1) is 0 Å². The van der Waals surface area contributed by atoms with Gasteiger partial charge in [-0.2, -0.15) is 0 Å². The normalized spacial score (nSPS) is 14.2. The summed E-state index contributed by atoms with van der Waals surface area (Å²) in [6.07, 6.45) is 0. The van der Waals surface area contributed by atoms with Crippen LogP contribution in [0.3, 0.4) is 0 Å². The van der Waals surface area contributed by atoms with Crippen LogP contribution in [0.25, 0.3) is 0 Å². The molecule has 1 atom stereocenters. The number of ether oxygens (including phenoxy) is 1. The summed E-state index contributed by atoms with van der Waals surface area (Å²) in [7, 11) is 1.92. The van der Waals surface area contributed by atoms with Crippen molar-refractivity contribution in [3.63, 3.8) is 0 Å². The number of benzene rings is 2. The van der Waals surface area contributed by atoms with Gasteiger partial charge in [-0.25, -0.2) is 4.79 Å². The highest BCUT2D eigenvalue weighted by molar-refractivity contribution is 6.00. The smallest absolute Gasteiger partial charge is 0.338 e. The van der Waals surface area contributed by atoms with Crippen LogP contribution in [0.1, 0.15) is 28.4 Å². The molecule has 2 aromatic carbocycles. The molecule has 5 heteroatoms. The van der Waals surface area contributed by atoms with Gasteiger partial charge in [0.2, 0.25) is 5.91 Å². The molecular weight excluding hydrogens is 304 g/mol. The topological polar surface area (TPSA) is 58.6 Å². The lowest BCUT2D eigenvalue weighted by atomic mass is 10.1. The molecule has 3 rings (SSSR count). The quantitative estimate of drug-likeness (QED) is 0.859. The summed E-state index contributed by atoms with van der Waals surface area (Å²) >= 11 is 0. The van der Waals surface area contributed by atoms with Gasteiger partial charge in [-0.05, 0) is 31.7 Å². The Balaban J connectivity index is 1.68. The van der Waals surface area contributed by atoms with Crippen molar-refractivity contribution < 1.29 is 14.3 Å². The van der Waals surface area contributed by atoms with Crippen molar-refractivity contribution in [3.05, 3.63) is 65.2 Å². The Morgan fingerprint density at radius 3 is 2.71 bits per heavy atom. The molecule has 0 radical (unpaired) electrons. The molecular formula is C19H20N2O3. The molecule has 0 saturated carbocycles. The van der Waals surface area contributed by atoms with E-state index in [2.05, 4.69) is 5.32 Å². The lowest BCUT2D eigenvalue weighted by Gasteiger charge is -2.24. The average Bonchev–Trinajstić information content (AvgIpc) is 2.97. The van der Waals surface area contributed by atoms with Crippen molar-refractivity contribution in [2.45, 2.75) is 26.1 Å². The predicted octanol–water partition coefficient (Wildman–Crippen LogP) is 2.82. The zero-order valence-corrected chi connectivity index (χ0v) is 13.8. The van der Waals surface area contributed by atoms with Gasteiger partial charge in [-0.1, -0.05) is 36.4 Å². The second-order valence-electron chi connectivity index (χ2n) is 5.97. The van der Waals surface area contributed by atoms with Crippen LogP contribution < -0.4 is 5.32 Å². The summed E-state index contributed by atoms with van der Waals surface area (Å²) in [4.78, 5) is 26.1. The van der Waals surface area contributed by atoms with E-state index in [0.717, 1.165) is 11.1 Å². The molecule has 24 heavy (non-hydrogen) atoms. The van der Waals surface area contributed by atoms with Crippen LogP contribution in [0.2, 0.25) is 0 Å². The fourth-order valence-corrected chi connectivity index (χ4v) is 2.71. The standard InChI is InChI=1S/C19H20N2O3/c1-13(21(2)11-14-7-4-3-5-8-14)18(22)20-17-10-6-9-15-16(17)12-24-19(15)23/h3-10,13H,11-12H2,1-2H3,(H,20,22). The van der Waals surface area contributed by atoms with Crippen LogP contribution in [0.4, 0.5) is 5.69 Å². The fraction of sp³-hybridized carbons (Fsp3) is 0.263. The number of carbonyl (C=O) groups excluding carboxylic acids is 2. The minimum Gasteiger partial charge on any atom is -0.457 e. The number of anilines is 1. The Labute approximate surface area is 141 Å². The van der Waals surface area contributed by atoms with Gasteiger partial charge in [0, 0.05) is 17.8 Å². The Morgan fingerprint density at radius 2 is 1.96 bits per heavy atom. The van der Waals surface area contributed by atoms with Crippen LogP contribution >= 0.6 is 0 Å². The summed E-state index contributed by atoms with van der Waals surface area (Å²) in [5, 5.41) is 2.92. The number of carbonyl (C=O) groups is 2. The van der Waals surface area contributed by atoms with E-state index < -0.39 is 0 Å². The van der Waals surface area contributed by atoms with E-state index in [-0.39, 0.29) is 24.5 Å². The SMILES string of the molecule is CC(C(=O)Nc1cccc2c1COC2=O)N(C)Cc1ccccc1. The zero-order valence-electron chi connectivity index (χ0n) is 13.8. The second-order valence-corrected chi connectivity index (χ2v) is 5.97. The molecule has 0 spiro atoms. The summed E-state index contributed by atoms with van der Waals surface area (Å²) in [6.45, 7) is 2.76. The van der Waals surface area contributed by atoms with E-state index >= 15 is 0 Å². The van der Waals surface area contributed by atoms with E-state index in [0.29, 0.717) is 17.8 Å². The Hall–Kier alpha value is -2.66. The molecule has 2 aromatic rings. The lowest BCUT2D eigenvalue weighted by Crippen LogP contribution is -2.39. The maximum absolute atomic E-state index is 12.5. The maximum Gasteiger partial charge on any atom is 0.338 e. The van der Waals surface area contributed by atoms with E-state index in [1.807, 2.05) is 49.2 Å². The van der Waals surface area contributed by atoms with Crippen molar-refractivity contribution in [1.82, 2.24) is 4.90 Å². The van der Waals surface area contributed by atoms with Crippen molar-refractivity contribution in [3.8, 4) is 0 Å². The Kier molecular flexibility index (Phi) is 4.62. The maximum atomic E-state index is 12.5. The molecule has 1 aliphatic heterocycles. The minimum absolute atomic E-state index is 0.110. The lowest BCUT2D eigenvalue weighted by molar-refractivity contribution is -0.120. The number of amides is 1. The number of hydrogen-bond donors (Lipinski definition) is 1. The van der Waals surface area contributed by atoms with Gasteiger partial charge in [-0.15, -0.1) is 0 Å². The van der Waals surface area contributed by atoms with Gasteiger partial charge < -0.3 is 10.1 Å². The molecule has 1 amide bonds. The predicted molar refractivity (Wildman–Crippen MR) is 91.6 cm³/mol. The summed E-state index contributed by atoms with van der Waals surface area (Å²) in [5.74, 6) is -0.448. The fourth-order valence-electron chi connectivity index (χ4n) is 2.71. The molecule has 1 heterocycles. The first-order valence-electron chi connectivity index (χ1n) is 7.90. The Morgan fingerprint density at radius 1 is 1.21 bits per heavy atom. The van der Waals surface area contributed by atoms with Gasteiger partial charge in [0.05, 0.1) is 11.6 Å². The largest absolute Gasteiger partial charge is 0.457 e. The van der Waals surface area contributed by atoms with Crippen LogP contribution in [0.5, 0.6) is 0 Å². The first kappa shape index (κ1) is 16.2. The third-order valence-corrected chi connectivity index (χ3v) is 4.32. The molecule has 0 aromatic heterocycles. The molecule has 1 aliphatic rings. The van der Waals surface area contributed by atoms with E-state index in [1.54, 1.807) is 18.2 Å². The molecule has 124 valence electrons. The molecule has 0 bridgehead atoms. The minimum atomic E-state index is -0.338. The average molecular weight is 324 g/mol. The number of hydrogen-bond acceptors (Lipinski definition) is 4. The first-order chi connectivity index (χ1) is 11.6. The number of nitrogens with zero attached hydrogens (tertiary/aromatic N) is 1. The van der Waals surface area contributed by atoms with Crippen LogP contribution in [-0.4, -0.2) is 29.9 Å². The third-order valence-electron chi connectivity index (χ3n) is 4.32. The number of rotatable bonds is 5. The van der Waals surface area contributed by atoms with Crippen molar-refractivity contribution >= 4 is 17.6 Å². The van der Waals surface area contributed by atoms with Crippen molar-refractivity contribution in [1.29, 1.82) is 0 Å². The molecule has 0 aliphatic carbocycles. The van der Waals surface area contributed by atoms with E-state index in [1.165, 1.54) is 0 Å². The van der Waals surface area contributed by atoms with E-state index in [4.69, 9.17) is 4.74 Å². The first-order valence-corrected chi connectivity index (χ1v) is 7.90. The van der Waals surface area contributed by atoms with Gasteiger partial charge >= 0.3 is 5.97 Å². The Bertz CT molecular complexity index is 758. The third kappa shape index (κ3) is 3.31. The molecule has 0 fully saturated rings. The highest BCUT2D eigenvalue weighted by Crippen LogP contribution is 2.27. The van der Waals surface area contributed by atoms with Crippen molar-refractivity contribution in [2.75, 3.05) is 12.4 Å². The number of cyclic esters (lactones) is 1. The molecule has 1 unspecified atom stereocenters. The van der Waals surface area contributed by atoms with Crippen molar-refractivity contribution in [2.24, 2.45) is 0 Å². The summed E-state index contributed by atoms with van der Waals surface area (Å²) < 4.78 is 5.03. The monoisotopic (exact) mass is 324 g/mol. The highest BCUT2D eigenvalue weighted by atomic mass is 16.5. The van der Waals surface area contributed by atoms with Gasteiger partial charge in [0.1, 0.15) is 6.61 Å². The number of nitrogens with one attached hydrogen (secondary N) is 1. The number of likely N-dealkylation sites (N-methyl/N-ethyl adjacent to an activating group) is 1. The molecule has 5 nitrogen and oxygen atoms in total. The summed E-state index contributed by atoms with van der Waals surface area (Å²) in [6, 6.07) is 15.0. The molecule has 1 N–H and O–H groups in total. The summed E-state index contributed by atoms with van der Waals surface area (Å²) in [5.41, 5.74) is 3.06. The number of esters is 1. The highest BCUT2D eigenvalue weighted by Gasteiger charge is 2.25. The second kappa shape index (κ2) is 6.84. The zero-order chi connectivity index (χ0) is 17.1. The van der Waals surface area contributed by atoms with Crippen LogP contribution in [0.15, 0.2) is 48.5 Å². The number of fused-ring (bicyclic) bond motifs is 1. The van der Waals surface area contributed by atoms with E-state index in [9.17, 15) is 9.59 Å². The van der Waals surface area contributed by atoms with Gasteiger partial charge in [-0.3, -0.25) is 9.69 Å². The van der Waals surface area contributed by atoms with Gasteiger partial charge in [0.15, 0.2) is 0 Å². The van der Waals surface area contributed by atoms with Gasteiger partial charge in [0.25, 0.3) is 0 Å².